The SMILES string of the molecule is CCCc1cc(=O)[nH]c(SCc2cccc(C(=O)NC)c2)n1. The van der Waals surface area contributed by atoms with E-state index < -0.39 is 0 Å². The van der Waals surface area contributed by atoms with E-state index in [9.17, 15) is 9.59 Å². The van der Waals surface area contributed by atoms with E-state index in [1.807, 2.05) is 18.2 Å². The van der Waals surface area contributed by atoms with Crippen molar-refractivity contribution in [3.05, 3.63) is 57.5 Å². The monoisotopic (exact) mass is 317 g/mol. The molecule has 0 aliphatic heterocycles. The molecule has 0 spiro atoms. The van der Waals surface area contributed by atoms with Gasteiger partial charge in [0, 0.05) is 30.1 Å². The molecule has 0 bridgehead atoms. The van der Waals surface area contributed by atoms with Crippen molar-refractivity contribution in [2.75, 3.05) is 7.05 Å². The highest BCUT2D eigenvalue weighted by Crippen LogP contribution is 2.19. The second-order valence-electron chi connectivity index (χ2n) is 4.86. The third kappa shape index (κ3) is 4.46. The van der Waals surface area contributed by atoms with E-state index in [4.69, 9.17) is 0 Å². The third-order valence-electron chi connectivity index (χ3n) is 3.07. The van der Waals surface area contributed by atoms with E-state index in [0.717, 1.165) is 24.1 Å². The van der Waals surface area contributed by atoms with E-state index in [1.54, 1.807) is 19.2 Å². The van der Waals surface area contributed by atoms with Crippen molar-refractivity contribution < 1.29 is 4.79 Å². The maximum Gasteiger partial charge on any atom is 0.251 e. The Labute approximate surface area is 133 Å². The number of aromatic nitrogens is 2. The molecule has 1 amide bonds. The van der Waals surface area contributed by atoms with Crippen LogP contribution in [0.4, 0.5) is 0 Å². The molecule has 0 aliphatic rings. The van der Waals surface area contributed by atoms with Gasteiger partial charge in [-0.1, -0.05) is 37.2 Å². The van der Waals surface area contributed by atoms with Crippen LogP contribution in [0.25, 0.3) is 0 Å². The molecule has 0 unspecified atom stereocenters. The molecule has 1 aromatic heterocycles. The molecule has 116 valence electrons. The van der Waals surface area contributed by atoms with Gasteiger partial charge in [-0.2, -0.15) is 0 Å². The van der Waals surface area contributed by atoms with Crippen molar-refractivity contribution in [2.45, 2.75) is 30.7 Å². The van der Waals surface area contributed by atoms with Crippen LogP contribution in [0, 0.1) is 0 Å². The number of hydrogen-bond donors (Lipinski definition) is 2. The Morgan fingerprint density at radius 2 is 2.18 bits per heavy atom. The molecule has 0 radical (unpaired) electrons. The Hall–Kier alpha value is -2.08. The van der Waals surface area contributed by atoms with Gasteiger partial charge in [0.05, 0.1) is 0 Å². The zero-order valence-electron chi connectivity index (χ0n) is 12.7. The highest BCUT2D eigenvalue weighted by Gasteiger charge is 2.06. The molecule has 2 N–H and O–H groups in total. The lowest BCUT2D eigenvalue weighted by Gasteiger charge is -2.05. The van der Waals surface area contributed by atoms with E-state index in [2.05, 4.69) is 22.2 Å². The molecule has 2 aromatic rings. The number of H-pyrrole nitrogens is 1. The zero-order chi connectivity index (χ0) is 15.9. The number of benzene rings is 1. The van der Waals surface area contributed by atoms with Crippen molar-refractivity contribution in [3.63, 3.8) is 0 Å². The first-order valence-corrected chi connectivity index (χ1v) is 8.15. The van der Waals surface area contributed by atoms with Gasteiger partial charge >= 0.3 is 0 Å². The fraction of sp³-hybridized carbons (Fsp3) is 0.312. The number of carbonyl (C=O) groups is 1. The molecule has 0 fully saturated rings. The maximum atomic E-state index is 11.6. The van der Waals surface area contributed by atoms with E-state index in [1.165, 1.54) is 11.8 Å². The summed E-state index contributed by atoms with van der Waals surface area (Å²) >= 11 is 1.46. The first kappa shape index (κ1) is 16.3. The van der Waals surface area contributed by atoms with Crippen LogP contribution in [0.1, 0.15) is 35.0 Å². The summed E-state index contributed by atoms with van der Waals surface area (Å²) in [5, 5.41) is 3.22. The summed E-state index contributed by atoms with van der Waals surface area (Å²) in [7, 11) is 1.61. The van der Waals surface area contributed by atoms with Crippen LogP contribution in [0.3, 0.4) is 0 Å². The molecular formula is C16H19N3O2S. The second-order valence-corrected chi connectivity index (χ2v) is 5.82. The topological polar surface area (TPSA) is 74.8 Å². The van der Waals surface area contributed by atoms with Gasteiger partial charge in [0.2, 0.25) is 0 Å². The van der Waals surface area contributed by atoms with Crippen LogP contribution in [-0.4, -0.2) is 22.9 Å². The van der Waals surface area contributed by atoms with E-state index in [-0.39, 0.29) is 11.5 Å². The van der Waals surface area contributed by atoms with Gasteiger partial charge in [-0.05, 0) is 24.1 Å². The highest BCUT2D eigenvalue weighted by molar-refractivity contribution is 7.98. The summed E-state index contributed by atoms with van der Waals surface area (Å²) in [6.45, 7) is 2.06. The minimum atomic E-state index is -0.125. The summed E-state index contributed by atoms with van der Waals surface area (Å²) in [5.74, 6) is 0.534. The van der Waals surface area contributed by atoms with Crippen LogP contribution in [0.15, 0.2) is 40.3 Å². The second kappa shape index (κ2) is 7.79. The molecule has 0 saturated carbocycles. The molecule has 2 rings (SSSR count). The van der Waals surface area contributed by atoms with Gasteiger partial charge < -0.3 is 10.3 Å². The molecule has 1 heterocycles. The predicted octanol–water partition coefficient (Wildman–Crippen LogP) is 2.37. The van der Waals surface area contributed by atoms with Crippen LogP contribution < -0.4 is 10.9 Å². The number of nitrogens with zero attached hydrogens (tertiary/aromatic N) is 1. The minimum absolute atomic E-state index is 0.108. The smallest absolute Gasteiger partial charge is 0.251 e. The molecule has 0 atom stereocenters. The number of rotatable bonds is 6. The molecule has 5 nitrogen and oxygen atoms in total. The van der Waals surface area contributed by atoms with Crippen molar-refractivity contribution in [3.8, 4) is 0 Å². The number of amides is 1. The Kier molecular flexibility index (Phi) is 5.77. The van der Waals surface area contributed by atoms with Crippen molar-refractivity contribution in [1.29, 1.82) is 0 Å². The molecule has 1 aromatic carbocycles. The largest absolute Gasteiger partial charge is 0.355 e. The number of carbonyl (C=O) groups excluding carboxylic acids is 1. The predicted molar refractivity (Wildman–Crippen MR) is 88.2 cm³/mol. The Bertz CT molecular complexity index is 713. The van der Waals surface area contributed by atoms with Gasteiger partial charge in [0.15, 0.2) is 5.16 Å². The summed E-state index contributed by atoms with van der Waals surface area (Å²) in [4.78, 5) is 30.4. The van der Waals surface area contributed by atoms with Crippen LogP contribution in [-0.2, 0) is 12.2 Å². The molecule has 0 saturated heterocycles. The molecular weight excluding hydrogens is 298 g/mol. The van der Waals surface area contributed by atoms with Crippen LogP contribution >= 0.6 is 11.8 Å². The normalized spacial score (nSPS) is 10.5. The number of hydrogen-bond acceptors (Lipinski definition) is 4. The standard InChI is InChI=1S/C16H19N3O2S/c1-3-5-13-9-14(20)19-16(18-13)22-10-11-6-4-7-12(8-11)15(21)17-2/h4,6-9H,3,5,10H2,1-2H3,(H,17,21)(H,18,19,20). The Morgan fingerprint density at radius 1 is 1.36 bits per heavy atom. The lowest BCUT2D eigenvalue weighted by Crippen LogP contribution is -2.17. The van der Waals surface area contributed by atoms with Crippen LogP contribution in [0.2, 0.25) is 0 Å². The van der Waals surface area contributed by atoms with E-state index >= 15 is 0 Å². The lowest BCUT2D eigenvalue weighted by atomic mass is 10.1. The summed E-state index contributed by atoms with van der Waals surface area (Å²) in [6, 6.07) is 8.96. The van der Waals surface area contributed by atoms with Crippen molar-refractivity contribution in [1.82, 2.24) is 15.3 Å². The fourth-order valence-electron chi connectivity index (χ4n) is 2.03. The Balaban J connectivity index is 2.10. The summed E-state index contributed by atoms with van der Waals surface area (Å²) in [5.41, 5.74) is 2.32. The van der Waals surface area contributed by atoms with Gasteiger partial charge in [0.1, 0.15) is 0 Å². The van der Waals surface area contributed by atoms with Gasteiger partial charge in [0.25, 0.3) is 11.5 Å². The van der Waals surface area contributed by atoms with E-state index in [0.29, 0.717) is 16.5 Å². The molecule has 0 aliphatic carbocycles. The first-order valence-electron chi connectivity index (χ1n) is 7.16. The number of nitrogens with one attached hydrogen (secondary N) is 2. The number of aryl methyl sites for hydroxylation is 1. The van der Waals surface area contributed by atoms with Gasteiger partial charge in [-0.25, -0.2) is 4.98 Å². The maximum absolute atomic E-state index is 11.6. The number of aromatic amines is 1. The zero-order valence-corrected chi connectivity index (χ0v) is 13.5. The minimum Gasteiger partial charge on any atom is -0.355 e. The highest BCUT2D eigenvalue weighted by atomic mass is 32.2. The average molecular weight is 317 g/mol. The quantitative estimate of drug-likeness (QED) is 0.633. The molecule has 22 heavy (non-hydrogen) atoms. The summed E-state index contributed by atoms with van der Waals surface area (Å²) < 4.78 is 0. The van der Waals surface area contributed by atoms with Crippen molar-refractivity contribution in [2.24, 2.45) is 0 Å². The first-order chi connectivity index (χ1) is 10.6. The average Bonchev–Trinajstić information content (AvgIpc) is 2.52. The Morgan fingerprint density at radius 3 is 2.91 bits per heavy atom. The van der Waals surface area contributed by atoms with Gasteiger partial charge in [-0.3, -0.25) is 9.59 Å². The van der Waals surface area contributed by atoms with Gasteiger partial charge in [-0.15, -0.1) is 0 Å². The van der Waals surface area contributed by atoms with Crippen molar-refractivity contribution >= 4 is 17.7 Å². The molecule has 6 heteroatoms. The third-order valence-corrected chi connectivity index (χ3v) is 4.02. The fourth-order valence-corrected chi connectivity index (χ4v) is 2.87. The van der Waals surface area contributed by atoms with Crippen LogP contribution in [0.5, 0.6) is 0 Å². The number of thioether (sulfide) groups is 1. The summed E-state index contributed by atoms with van der Waals surface area (Å²) in [6.07, 6.45) is 1.75. The lowest BCUT2D eigenvalue weighted by molar-refractivity contribution is 0.0963.